The van der Waals surface area contributed by atoms with E-state index >= 15 is 0 Å². The second-order valence-corrected chi connectivity index (χ2v) is 5.58. The van der Waals surface area contributed by atoms with Crippen LogP contribution in [0, 0.1) is 0 Å². The van der Waals surface area contributed by atoms with Crippen molar-refractivity contribution in [3.8, 4) is 23.0 Å². The predicted octanol–water partition coefficient (Wildman–Crippen LogP) is 3.45. The summed E-state index contributed by atoms with van der Waals surface area (Å²) >= 11 is 11.2. The van der Waals surface area contributed by atoms with Crippen LogP contribution in [0.15, 0.2) is 36.4 Å². The van der Waals surface area contributed by atoms with Crippen LogP contribution < -0.4 is 24.7 Å². The molecule has 0 unspecified atom stereocenters. The molecule has 0 amide bonds. The van der Waals surface area contributed by atoms with Gasteiger partial charge in [0.25, 0.3) is 0 Å². The molecule has 2 aromatic carbocycles. The molecule has 2 aromatic rings. The first kappa shape index (κ1) is 18.2. The fourth-order valence-corrected chi connectivity index (χ4v) is 2.38. The highest BCUT2D eigenvalue weighted by Gasteiger charge is 2.13. The van der Waals surface area contributed by atoms with Gasteiger partial charge in [0, 0.05) is 11.6 Å². The van der Waals surface area contributed by atoms with E-state index in [1.165, 1.54) is 7.11 Å². The normalized spacial score (nSPS) is 10.1. The van der Waals surface area contributed by atoms with Crippen LogP contribution in [-0.2, 0) is 0 Å². The number of halogens is 1. The lowest BCUT2D eigenvalue weighted by atomic mass is 10.2. The highest BCUT2D eigenvalue weighted by molar-refractivity contribution is 7.80. The van der Waals surface area contributed by atoms with Crippen LogP contribution in [0.5, 0.6) is 23.0 Å². The second-order valence-electron chi connectivity index (χ2n) is 4.73. The maximum absolute atomic E-state index is 6.22. The van der Waals surface area contributed by atoms with Gasteiger partial charge in [0.15, 0.2) is 11.5 Å². The summed E-state index contributed by atoms with van der Waals surface area (Å²) in [7, 11) is 3.13. The SMILES string of the molecule is COc1cccc(OCCOc2c(Cl)cc(C(N)=S)cc2OC)c1. The first-order valence-electron chi connectivity index (χ1n) is 7.12. The van der Waals surface area contributed by atoms with Crippen LogP contribution in [0.1, 0.15) is 5.56 Å². The maximum Gasteiger partial charge on any atom is 0.179 e. The van der Waals surface area contributed by atoms with Crippen LogP contribution in [-0.4, -0.2) is 32.4 Å². The van der Waals surface area contributed by atoms with Gasteiger partial charge in [-0.15, -0.1) is 0 Å². The van der Waals surface area contributed by atoms with Crippen molar-refractivity contribution < 1.29 is 18.9 Å². The molecule has 128 valence electrons. The molecule has 0 saturated carbocycles. The average Bonchev–Trinajstić information content (AvgIpc) is 2.59. The predicted molar refractivity (Wildman–Crippen MR) is 97.9 cm³/mol. The lowest BCUT2D eigenvalue weighted by molar-refractivity contribution is 0.211. The fourth-order valence-electron chi connectivity index (χ4n) is 2.00. The number of methoxy groups -OCH3 is 2. The van der Waals surface area contributed by atoms with Gasteiger partial charge in [-0.2, -0.15) is 0 Å². The number of benzene rings is 2. The summed E-state index contributed by atoms with van der Waals surface area (Å²) in [5.41, 5.74) is 6.23. The molecule has 24 heavy (non-hydrogen) atoms. The van der Waals surface area contributed by atoms with Crippen LogP contribution in [0.3, 0.4) is 0 Å². The van der Waals surface area contributed by atoms with Crippen molar-refractivity contribution in [3.63, 3.8) is 0 Å². The van der Waals surface area contributed by atoms with Gasteiger partial charge < -0.3 is 24.7 Å². The monoisotopic (exact) mass is 367 g/mol. The zero-order valence-corrected chi connectivity index (χ0v) is 14.9. The number of thiocarbonyl (C=S) groups is 1. The van der Waals surface area contributed by atoms with E-state index in [9.17, 15) is 0 Å². The largest absolute Gasteiger partial charge is 0.497 e. The highest BCUT2D eigenvalue weighted by Crippen LogP contribution is 2.36. The number of nitrogens with two attached hydrogens (primary N) is 1. The van der Waals surface area contributed by atoms with Gasteiger partial charge in [-0.25, -0.2) is 0 Å². The van der Waals surface area contributed by atoms with E-state index in [1.54, 1.807) is 25.3 Å². The van der Waals surface area contributed by atoms with Crippen molar-refractivity contribution in [2.45, 2.75) is 0 Å². The first-order valence-corrected chi connectivity index (χ1v) is 7.90. The molecule has 0 fully saturated rings. The Balaban J connectivity index is 1.97. The molecule has 0 aliphatic rings. The molecule has 5 nitrogen and oxygen atoms in total. The Morgan fingerprint density at radius 2 is 1.75 bits per heavy atom. The number of rotatable bonds is 8. The van der Waals surface area contributed by atoms with E-state index in [0.717, 1.165) is 5.75 Å². The average molecular weight is 368 g/mol. The summed E-state index contributed by atoms with van der Waals surface area (Å²) in [4.78, 5) is 0.239. The fraction of sp³-hybridized carbons (Fsp3) is 0.235. The lowest BCUT2D eigenvalue weighted by Crippen LogP contribution is -2.12. The molecule has 0 aliphatic heterocycles. The lowest BCUT2D eigenvalue weighted by Gasteiger charge is -2.14. The molecule has 0 heterocycles. The molecule has 0 spiro atoms. The Morgan fingerprint density at radius 1 is 1.04 bits per heavy atom. The van der Waals surface area contributed by atoms with E-state index in [1.807, 2.05) is 18.2 Å². The Labute approximate surface area is 151 Å². The summed E-state index contributed by atoms with van der Waals surface area (Å²) < 4.78 is 21.7. The number of hydrogen-bond acceptors (Lipinski definition) is 5. The van der Waals surface area contributed by atoms with Crippen LogP contribution >= 0.6 is 23.8 Å². The second kappa shape index (κ2) is 8.61. The van der Waals surface area contributed by atoms with Gasteiger partial charge in [0.05, 0.1) is 19.2 Å². The minimum atomic E-state index is 0.239. The van der Waals surface area contributed by atoms with E-state index < -0.39 is 0 Å². The molecule has 0 aliphatic carbocycles. The van der Waals surface area contributed by atoms with Crippen molar-refractivity contribution in [1.82, 2.24) is 0 Å². The quantitative estimate of drug-likeness (QED) is 0.569. The highest BCUT2D eigenvalue weighted by atomic mass is 35.5. The van der Waals surface area contributed by atoms with Crippen molar-refractivity contribution in [1.29, 1.82) is 0 Å². The van der Waals surface area contributed by atoms with Crippen molar-refractivity contribution in [2.75, 3.05) is 27.4 Å². The molecule has 2 N–H and O–H groups in total. The molecular weight excluding hydrogens is 350 g/mol. The van der Waals surface area contributed by atoms with Gasteiger partial charge in [-0.1, -0.05) is 29.9 Å². The van der Waals surface area contributed by atoms with Crippen molar-refractivity contribution >= 4 is 28.8 Å². The van der Waals surface area contributed by atoms with Crippen molar-refractivity contribution in [2.24, 2.45) is 5.73 Å². The molecular formula is C17H18ClNO4S. The van der Waals surface area contributed by atoms with Gasteiger partial charge in [0.2, 0.25) is 0 Å². The van der Waals surface area contributed by atoms with Gasteiger partial charge in [-0.05, 0) is 24.3 Å². The summed E-state index contributed by atoms with van der Waals surface area (Å²) in [5, 5.41) is 0.374. The molecule has 2 rings (SSSR count). The zero-order chi connectivity index (χ0) is 17.5. The Kier molecular flexibility index (Phi) is 6.52. The molecule has 0 saturated heterocycles. The third-order valence-electron chi connectivity index (χ3n) is 3.15. The first-order chi connectivity index (χ1) is 11.5. The van der Waals surface area contributed by atoms with E-state index in [2.05, 4.69) is 0 Å². The van der Waals surface area contributed by atoms with E-state index in [-0.39, 0.29) is 4.99 Å². The molecule has 0 bridgehead atoms. The van der Waals surface area contributed by atoms with Crippen LogP contribution in [0.2, 0.25) is 5.02 Å². The summed E-state index contributed by atoms with van der Waals surface area (Å²) in [6.45, 7) is 0.628. The maximum atomic E-state index is 6.22. The van der Waals surface area contributed by atoms with Gasteiger partial charge in [0.1, 0.15) is 29.7 Å². The Hall–Kier alpha value is -2.18. The van der Waals surface area contributed by atoms with Gasteiger partial charge >= 0.3 is 0 Å². The van der Waals surface area contributed by atoms with Crippen LogP contribution in [0.4, 0.5) is 0 Å². The standard InChI is InChI=1S/C17H18ClNO4S/c1-20-12-4-3-5-13(10-12)22-6-7-23-16-14(18)8-11(17(19)24)9-15(16)21-2/h3-5,8-10H,6-7H2,1-2H3,(H2,19,24). The topological polar surface area (TPSA) is 62.9 Å². The smallest absolute Gasteiger partial charge is 0.179 e. The molecule has 7 heteroatoms. The Morgan fingerprint density at radius 3 is 2.42 bits per heavy atom. The molecule has 0 aromatic heterocycles. The zero-order valence-electron chi connectivity index (χ0n) is 13.4. The van der Waals surface area contributed by atoms with Crippen molar-refractivity contribution in [3.05, 3.63) is 47.0 Å². The molecule has 0 radical (unpaired) electrons. The summed E-state index contributed by atoms with van der Waals surface area (Å²) in [6, 6.07) is 10.7. The third kappa shape index (κ3) is 4.66. The number of ether oxygens (including phenoxy) is 4. The minimum absolute atomic E-state index is 0.239. The number of hydrogen-bond donors (Lipinski definition) is 1. The van der Waals surface area contributed by atoms with Crippen LogP contribution in [0.25, 0.3) is 0 Å². The van der Waals surface area contributed by atoms with E-state index in [4.69, 9.17) is 48.5 Å². The summed E-state index contributed by atoms with van der Waals surface area (Å²) in [6.07, 6.45) is 0. The molecule has 0 atom stereocenters. The minimum Gasteiger partial charge on any atom is -0.497 e. The third-order valence-corrected chi connectivity index (χ3v) is 3.67. The summed E-state index contributed by atoms with van der Waals surface area (Å²) in [5.74, 6) is 2.31. The van der Waals surface area contributed by atoms with Gasteiger partial charge in [-0.3, -0.25) is 0 Å². The van der Waals surface area contributed by atoms with E-state index in [0.29, 0.717) is 41.0 Å². The Bertz CT molecular complexity index is 724.